The van der Waals surface area contributed by atoms with Crippen LogP contribution in [0, 0.1) is 17.8 Å². The summed E-state index contributed by atoms with van der Waals surface area (Å²) in [6, 6.07) is 11.2. The van der Waals surface area contributed by atoms with Gasteiger partial charge in [0.15, 0.2) is 0 Å². The quantitative estimate of drug-likeness (QED) is 0.278. The van der Waals surface area contributed by atoms with E-state index in [0.29, 0.717) is 0 Å². The fourth-order valence-corrected chi connectivity index (χ4v) is 9.34. The van der Waals surface area contributed by atoms with Crippen molar-refractivity contribution in [2.75, 3.05) is 0 Å². The van der Waals surface area contributed by atoms with E-state index in [0.717, 1.165) is 36.2 Å². The van der Waals surface area contributed by atoms with Crippen LogP contribution in [0.15, 0.2) is 24.3 Å². The first-order valence-corrected chi connectivity index (χ1v) is 14.7. The summed E-state index contributed by atoms with van der Waals surface area (Å²) in [6.07, 6.45) is 10.3. The van der Waals surface area contributed by atoms with Crippen molar-refractivity contribution in [1.82, 2.24) is 0 Å². The largest absolute Gasteiger partial charge is 0.573 e. The Morgan fingerprint density at radius 3 is 2.13 bits per heavy atom. The van der Waals surface area contributed by atoms with Crippen molar-refractivity contribution in [3.8, 4) is 5.75 Å². The molecule has 0 atom stereocenters. The number of halogens is 3. The SMILES string of the molecule is CCCCC[SiH]1CCC([C@H]2CC[C@H](CCc3ccc(OC(F)(F)F)cc3)CC2)CC1. The van der Waals surface area contributed by atoms with Crippen LogP contribution in [0.4, 0.5) is 13.2 Å². The van der Waals surface area contributed by atoms with E-state index in [1.54, 1.807) is 30.3 Å². The Bertz CT molecular complexity index is 600. The Morgan fingerprint density at radius 2 is 1.53 bits per heavy atom. The molecule has 1 nitrogen and oxygen atoms in total. The van der Waals surface area contributed by atoms with Gasteiger partial charge in [-0.2, -0.15) is 0 Å². The van der Waals surface area contributed by atoms with Crippen LogP contribution >= 0.6 is 0 Å². The number of aryl methyl sites for hydroxylation is 1. The molecule has 0 aromatic heterocycles. The Balaban J connectivity index is 1.32. The van der Waals surface area contributed by atoms with Crippen LogP contribution in [-0.2, 0) is 6.42 Å². The van der Waals surface area contributed by atoms with Crippen molar-refractivity contribution < 1.29 is 17.9 Å². The number of hydrogen-bond acceptors (Lipinski definition) is 1. The lowest BCUT2D eigenvalue weighted by Gasteiger charge is -2.37. The molecule has 0 N–H and O–H groups in total. The van der Waals surface area contributed by atoms with E-state index in [1.807, 2.05) is 0 Å². The van der Waals surface area contributed by atoms with Crippen LogP contribution in [0.3, 0.4) is 0 Å². The van der Waals surface area contributed by atoms with E-state index >= 15 is 0 Å². The molecule has 1 saturated carbocycles. The Morgan fingerprint density at radius 1 is 0.900 bits per heavy atom. The van der Waals surface area contributed by atoms with Gasteiger partial charge in [0.25, 0.3) is 0 Å². The van der Waals surface area contributed by atoms with E-state index in [9.17, 15) is 13.2 Å². The summed E-state index contributed by atoms with van der Waals surface area (Å²) in [7, 11) is -0.396. The van der Waals surface area contributed by atoms with Crippen LogP contribution in [-0.4, -0.2) is 15.2 Å². The third kappa shape index (κ3) is 7.94. The van der Waals surface area contributed by atoms with Crippen LogP contribution in [0.25, 0.3) is 0 Å². The molecule has 0 bridgehead atoms. The standard InChI is InChI=1S/C25H39F3OSi/c1-2-3-4-17-30-18-15-23(16-19-30)22-11-7-20(8-12-22)5-6-21-9-13-24(14-10-21)29-25(26,27)28/h9-10,13-14,20,22-23,30H,2-8,11-12,15-19H2,1H3/t20-,22-,23?,30?. The van der Waals surface area contributed by atoms with Gasteiger partial charge in [0.1, 0.15) is 5.75 Å². The number of hydrogen-bond donors (Lipinski definition) is 0. The van der Waals surface area contributed by atoms with Crippen molar-refractivity contribution in [1.29, 1.82) is 0 Å². The predicted molar refractivity (Wildman–Crippen MR) is 121 cm³/mol. The summed E-state index contributed by atoms with van der Waals surface area (Å²) in [5.74, 6) is 2.62. The van der Waals surface area contributed by atoms with Crippen LogP contribution in [0.2, 0.25) is 18.1 Å². The number of rotatable bonds is 9. The normalized spacial score (nSPS) is 27.7. The van der Waals surface area contributed by atoms with Gasteiger partial charge in [0, 0.05) is 8.80 Å². The maximum absolute atomic E-state index is 12.3. The van der Waals surface area contributed by atoms with E-state index in [4.69, 9.17) is 0 Å². The minimum absolute atomic E-state index is 0.130. The first kappa shape index (κ1) is 23.7. The average molecular weight is 441 g/mol. The summed E-state index contributed by atoms with van der Waals surface area (Å²) in [4.78, 5) is 0. The van der Waals surface area contributed by atoms with Crippen molar-refractivity contribution in [3.63, 3.8) is 0 Å². The van der Waals surface area contributed by atoms with Crippen LogP contribution < -0.4 is 4.74 Å². The van der Waals surface area contributed by atoms with Gasteiger partial charge in [-0.25, -0.2) is 0 Å². The van der Waals surface area contributed by atoms with E-state index in [2.05, 4.69) is 11.7 Å². The minimum Gasteiger partial charge on any atom is -0.406 e. The van der Waals surface area contributed by atoms with Crippen LogP contribution in [0.5, 0.6) is 5.75 Å². The average Bonchev–Trinajstić information content (AvgIpc) is 2.73. The molecule has 1 aliphatic heterocycles. The van der Waals surface area contributed by atoms with Gasteiger partial charge in [0.2, 0.25) is 0 Å². The second-order valence-electron chi connectivity index (χ2n) is 9.79. The zero-order valence-electron chi connectivity index (χ0n) is 18.6. The Labute approximate surface area is 182 Å². The summed E-state index contributed by atoms with van der Waals surface area (Å²) in [5.41, 5.74) is 1.11. The molecule has 0 amide bonds. The minimum atomic E-state index is -4.61. The summed E-state index contributed by atoms with van der Waals surface area (Å²) in [6.45, 7) is 2.30. The lowest BCUT2D eigenvalue weighted by atomic mass is 9.73. The van der Waals surface area contributed by atoms with Crippen molar-refractivity contribution in [3.05, 3.63) is 29.8 Å². The number of unbranched alkanes of at least 4 members (excludes halogenated alkanes) is 2. The second-order valence-corrected chi connectivity index (χ2v) is 13.3. The summed E-state index contributed by atoms with van der Waals surface area (Å²) >= 11 is 0. The van der Waals surface area contributed by atoms with Gasteiger partial charge < -0.3 is 4.74 Å². The van der Waals surface area contributed by atoms with Gasteiger partial charge in [-0.05, 0) is 61.1 Å². The molecule has 1 aromatic carbocycles. The maximum Gasteiger partial charge on any atom is 0.573 e. The molecular weight excluding hydrogens is 401 g/mol. The molecule has 3 rings (SSSR count). The first-order chi connectivity index (χ1) is 14.4. The molecule has 1 heterocycles. The lowest BCUT2D eigenvalue weighted by Crippen LogP contribution is -2.28. The maximum atomic E-state index is 12.3. The van der Waals surface area contributed by atoms with Crippen molar-refractivity contribution in [2.45, 2.75) is 102 Å². The van der Waals surface area contributed by atoms with E-state index in [1.165, 1.54) is 69.9 Å². The number of ether oxygens (including phenoxy) is 1. The first-order valence-electron chi connectivity index (χ1n) is 12.3. The molecule has 30 heavy (non-hydrogen) atoms. The van der Waals surface area contributed by atoms with Crippen molar-refractivity contribution in [2.24, 2.45) is 17.8 Å². The molecule has 2 fully saturated rings. The second kappa shape index (κ2) is 11.6. The fourth-order valence-electron chi connectivity index (χ4n) is 5.81. The lowest BCUT2D eigenvalue weighted by molar-refractivity contribution is -0.274. The molecule has 0 spiro atoms. The van der Waals surface area contributed by atoms with Gasteiger partial charge in [-0.15, -0.1) is 13.2 Å². The molecule has 0 unspecified atom stereocenters. The summed E-state index contributed by atoms with van der Waals surface area (Å²) in [5, 5.41) is 0. The molecule has 2 aliphatic rings. The van der Waals surface area contributed by atoms with Gasteiger partial charge >= 0.3 is 6.36 Å². The van der Waals surface area contributed by atoms with Gasteiger partial charge in [0.05, 0.1) is 0 Å². The fraction of sp³-hybridized carbons (Fsp3) is 0.760. The van der Waals surface area contributed by atoms with E-state index < -0.39 is 15.2 Å². The highest BCUT2D eigenvalue weighted by Crippen LogP contribution is 2.42. The van der Waals surface area contributed by atoms with Gasteiger partial charge in [-0.1, -0.05) is 82.1 Å². The molecule has 5 heteroatoms. The molecular formula is C25H39F3OSi. The Hall–Kier alpha value is -0.973. The topological polar surface area (TPSA) is 9.23 Å². The summed E-state index contributed by atoms with van der Waals surface area (Å²) < 4.78 is 40.7. The highest BCUT2D eigenvalue weighted by atomic mass is 28.3. The third-order valence-corrected chi connectivity index (χ3v) is 11.2. The zero-order chi connectivity index (χ0) is 21.4. The number of benzene rings is 1. The predicted octanol–water partition coefficient (Wildman–Crippen LogP) is 8.15. The highest BCUT2D eigenvalue weighted by molar-refractivity contribution is 6.58. The molecule has 0 radical (unpaired) electrons. The van der Waals surface area contributed by atoms with Gasteiger partial charge in [-0.3, -0.25) is 0 Å². The molecule has 1 saturated heterocycles. The smallest absolute Gasteiger partial charge is 0.406 e. The monoisotopic (exact) mass is 440 g/mol. The third-order valence-electron chi connectivity index (χ3n) is 7.66. The van der Waals surface area contributed by atoms with E-state index in [-0.39, 0.29) is 5.75 Å². The van der Waals surface area contributed by atoms with Crippen molar-refractivity contribution >= 4 is 8.80 Å². The molecule has 1 aliphatic carbocycles. The number of alkyl halides is 3. The zero-order valence-corrected chi connectivity index (χ0v) is 19.7. The Kier molecular flexibility index (Phi) is 9.15. The van der Waals surface area contributed by atoms with Crippen LogP contribution in [0.1, 0.15) is 76.7 Å². The molecule has 170 valence electrons. The molecule has 1 aromatic rings. The highest BCUT2D eigenvalue weighted by Gasteiger charge is 2.32.